The summed E-state index contributed by atoms with van der Waals surface area (Å²) >= 11 is 3.28. The first-order valence-electron chi connectivity index (χ1n) is 6.36. The van der Waals surface area contributed by atoms with Crippen LogP contribution in [0.2, 0.25) is 0 Å². The highest BCUT2D eigenvalue weighted by Crippen LogP contribution is 2.21. The van der Waals surface area contributed by atoms with E-state index >= 15 is 0 Å². The largest absolute Gasteiger partial charge is 0.406 e. The third-order valence-corrected chi connectivity index (χ3v) is 3.71. The topological polar surface area (TPSA) is 20.3 Å². The quantitative estimate of drug-likeness (QED) is 0.761. The number of benzene rings is 1. The predicted molar refractivity (Wildman–Crippen MR) is 75.7 cm³/mol. The summed E-state index contributed by atoms with van der Waals surface area (Å²) in [5.74, 6) is -0.587. The van der Waals surface area contributed by atoms with Crippen LogP contribution < -0.4 is 0 Å². The lowest BCUT2D eigenvalue weighted by atomic mass is 10.1. The molecule has 20 heavy (non-hydrogen) atoms. The lowest BCUT2D eigenvalue weighted by Crippen LogP contribution is -2.39. The average Bonchev–Trinajstić information content (AvgIpc) is 2.35. The van der Waals surface area contributed by atoms with Crippen molar-refractivity contribution < 1.29 is 18.0 Å². The van der Waals surface area contributed by atoms with Gasteiger partial charge in [-0.25, -0.2) is 0 Å². The van der Waals surface area contributed by atoms with E-state index in [2.05, 4.69) is 15.9 Å². The van der Waals surface area contributed by atoms with Crippen molar-refractivity contribution in [3.05, 3.63) is 33.8 Å². The molecule has 0 aliphatic rings. The van der Waals surface area contributed by atoms with E-state index < -0.39 is 18.6 Å². The van der Waals surface area contributed by atoms with Gasteiger partial charge in [0, 0.05) is 16.6 Å². The number of nitrogens with zero attached hydrogens (tertiary/aromatic N) is 1. The molecule has 0 N–H and O–H groups in total. The zero-order valence-corrected chi connectivity index (χ0v) is 13.0. The summed E-state index contributed by atoms with van der Waals surface area (Å²) in [6, 6.07) is 4.83. The van der Waals surface area contributed by atoms with Gasteiger partial charge in [-0.3, -0.25) is 4.79 Å². The van der Waals surface area contributed by atoms with Crippen LogP contribution in [-0.4, -0.2) is 30.1 Å². The molecule has 0 radical (unpaired) electrons. The lowest BCUT2D eigenvalue weighted by molar-refractivity contribution is -0.140. The van der Waals surface area contributed by atoms with Crippen LogP contribution in [0.5, 0.6) is 0 Å². The van der Waals surface area contributed by atoms with Crippen molar-refractivity contribution in [3.8, 4) is 0 Å². The van der Waals surface area contributed by atoms with Crippen LogP contribution in [0.25, 0.3) is 0 Å². The molecule has 0 aliphatic heterocycles. The molecule has 1 aromatic carbocycles. The van der Waals surface area contributed by atoms with Crippen molar-refractivity contribution in [1.82, 2.24) is 4.90 Å². The van der Waals surface area contributed by atoms with Crippen LogP contribution >= 0.6 is 15.9 Å². The van der Waals surface area contributed by atoms with E-state index in [1.807, 2.05) is 13.8 Å². The Morgan fingerprint density at radius 1 is 1.35 bits per heavy atom. The molecule has 0 bridgehead atoms. The number of amides is 1. The summed E-state index contributed by atoms with van der Waals surface area (Å²) in [4.78, 5) is 13.1. The Kier molecular flexibility index (Phi) is 6.05. The van der Waals surface area contributed by atoms with Crippen molar-refractivity contribution in [3.63, 3.8) is 0 Å². The number of hydrogen-bond donors (Lipinski definition) is 0. The van der Waals surface area contributed by atoms with Gasteiger partial charge in [-0.15, -0.1) is 0 Å². The Labute approximate surface area is 125 Å². The molecule has 0 spiro atoms. The lowest BCUT2D eigenvalue weighted by Gasteiger charge is -2.24. The first-order valence-corrected chi connectivity index (χ1v) is 7.16. The number of carbonyl (C=O) groups excluding carboxylic acids is 1. The van der Waals surface area contributed by atoms with Gasteiger partial charge in [0.25, 0.3) is 5.91 Å². The van der Waals surface area contributed by atoms with E-state index in [0.29, 0.717) is 10.9 Å². The highest BCUT2D eigenvalue weighted by atomic mass is 79.9. The number of carbonyl (C=O) groups is 1. The average molecular weight is 352 g/mol. The van der Waals surface area contributed by atoms with E-state index in [9.17, 15) is 18.0 Å². The monoisotopic (exact) mass is 351 g/mol. The Morgan fingerprint density at radius 3 is 2.50 bits per heavy atom. The van der Waals surface area contributed by atoms with Crippen molar-refractivity contribution in [2.75, 3.05) is 13.1 Å². The van der Waals surface area contributed by atoms with E-state index in [1.54, 1.807) is 18.2 Å². The fraction of sp³-hybridized carbons (Fsp3) is 0.500. The molecule has 2 nitrogen and oxygen atoms in total. The van der Waals surface area contributed by atoms with E-state index in [4.69, 9.17) is 0 Å². The number of alkyl halides is 3. The van der Waals surface area contributed by atoms with E-state index in [0.717, 1.165) is 16.9 Å². The predicted octanol–water partition coefficient (Wildman–Crippen LogP) is 4.56. The van der Waals surface area contributed by atoms with Crippen molar-refractivity contribution in [2.45, 2.75) is 32.9 Å². The molecule has 0 aromatic heterocycles. The van der Waals surface area contributed by atoms with Crippen LogP contribution in [0.1, 0.15) is 35.7 Å². The molecule has 1 aromatic rings. The van der Waals surface area contributed by atoms with Gasteiger partial charge in [-0.1, -0.05) is 35.3 Å². The number of aryl methyl sites for hydroxylation is 1. The molecular weight excluding hydrogens is 335 g/mol. The first-order chi connectivity index (χ1) is 9.24. The van der Waals surface area contributed by atoms with Gasteiger partial charge < -0.3 is 4.90 Å². The summed E-state index contributed by atoms with van der Waals surface area (Å²) in [5.41, 5.74) is 1.19. The van der Waals surface area contributed by atoms with Gasteiger partial charge in [0.2, 0.25) is 0 Å². The van der Waals surface area contributed by atoms with Crippen molar-refractivity contribution >= 4 is 21.8 Å². The van der Waals surface area contributed by atoms with Crippen molar-refractivity contribution in [1.29, 1.82) is 0 Å². The molecule has 1 rings (SSSR count). The second kappa shape index (κ2) is 7.11. The SMILES string of the molecule is CCCCN(CC(F)(F)F)C(=O)c1ccc(C)c(Br)c1. The first kappa shape index (κ1) is 17.0. The molecule has 112 valence electrons. The molecule has 6 heteroatoms. The Bertz CT molecular complexity index is 474. The third kappa shape index (κ3) is 5.15. The summed E-state index contributed by atoms with van der Waals surface area (Å²) in [6.07, 6.45) is -3.10. The molecule has 0 unspecified atom stereocenters. The van der Waals surface area contributed by atoms with Crippen LogP contribution in [-0.2, 0) is 0 Å². The highest BCUT2D eigenvalue weighted by molar-refractivity contribution is 9.10. The Hall–Kier alpha value is -1.04. The minimum atomic E-state index is -4.38. The Balaban J connectivity index is 2.93. The second-order valence-corrected chi connectivity index (χ2v) is 5.51. The zero-order valence-electron chi connectivity index (χ0n) is 11.4. The van der Waals surface area contributed by atoms with Crippen LogP contribution in [0.3, 0.4) is 0 Å². The normalized spacial score (nSPS) is 11.5. The van der Waals surface area contributed by atoms with E-state index in [1.165, 1.54) is 0 Å². The second-order valence-electron chi connectivity index (χ2n) is 4.66. The number of rotatable bonds is 5. The number of unbranched alkanes of at least 4 members (excludes halogenated alkanes) is 1. The molecule has 0 saturated carbocycles. The molecule has 0 fully saturated rings. The van der Waals surface area contributed by atoms with Gasteiger partial charge in [0.15, 0.2) is 0 Å². The number of halogens is 4. The van der Waals surface area contributed by atoms with Crippen molar-refractivity contribution in [2.24, 2.45) is 0 Å². The van der Waals surface area contributed by atoms with Gasteiger partial charge in [0.1, 0.15) is 6.54 Å². The fourth-order valence-corrected chi connectivity index (χ4v) is 2.11. The number of hydrogen-bond acceptors (Lipinski definition) is 1. The summed E-state index contributed by atoms with van der Waals surface area (Å²) in [6.45, 7) is 2.62. The van der Waals surface area contributed by atoms with Crippen LogP contribution in [0, 0.1) is 6.92 Å². The van der Waals surface area contributed by atoms with Crippen LogP contribution in [0.4, 0.5) is 13.2 Å². The highest BCUT2D eigenvalue weighted by Gasteiger charge is 2.33. The van der Waals surface area contributed by atoms with Gasteiger partial charge in [-0.2, -0.15) is 13.2 Å². The summed E-state index contributed by atoms with van der Waals surface area (Å²) in [5, 5.41) is 0. The van der Waals surface area contributed by atoms with Gasteiger partial charge in [0.05, 0.1) is 0 Å². The minimum absolute atomic E-state index is 0.111. The molecule has 0 atom stereocenters. The van der Waals surface area contributed by atoms with Gasteiger partial charge >= 0.3 is 6.18 Å². The van der Waals surface area contributed by atoms with Crippen LogP contribution in [0.15, 0.2) is 22.7 Å². The maximum atomic E-state index is 12.5. The van der Waals surface area contributed by atoms with Gasteiger partial charge in [-0.05, 0) is 31.0 Å². The zero-order chi connectivity index (χ0) is 15.3. The minimum Gasteiger partial charge on any atom is -0.330 e. The smallest absolute Gasteiger partial charge is 0.330 e. The molecule has 0 heterocycles. The fourth-order valence-electron chi connectivity index (χ4n) is 1.73. The Morgan fingerprint density at radius 2 is 2.00 bits per heavy atom. The molecule has 1 amide bonds. The standard InChI is InChI=1S/C14H17BrF3NO/c1-3-4-7-19(9-14(16,17)18)13(20)11-6-5-10(2)12(15)8-11/h5-6,8H,3-4,7,9H2,1-2H3. The summed E-state index contributed by atoms with van der Waals surface area (Å²) < 4.78 is 38.4. The maximum absolute atomic E-state index is 12.5. The maximum Gasteiger partial charge on any atom is 0.406 e. The molecule has 0 saturated heterocycles. The third-order valence-electron chi connectivity index (χ3n) is 2.86. The van der Waals surface area contributed by atoms with E-state index in [-0.39, 0.29) is 12.1 Å². The molecule has 0 aliphatic carbocycles. The summed E-state index contributed by atoms with van der Waals surface area (Å²) in [7, 11) is 0. The molecular formula is C14H17BrF3NO.